The Morgan fingerprint density at radius 1 is 1.11 bits per heavy atom. The molecule has 2 aromatic rings. The van der Waals surface area contributed by atoms with Gasteiger partial charge in [-0.15, -0.1) is 0 Å². The number of nitrogens with one attached hydrogen (secondary N) is 1. The predicted molar refractivity (Wildman–Crippen MR) is 83.2 cm³/mol. The lowest BCUT2D eigenvalue weighted by molar-refractivity contribution is 0.770. The summed E-state index contributed by atoms with van der Waals surface area (Å²) in [7, 11) is 0. The first-order valence-corrected chi connectivity index (χ1v) is 6.99. The van der Waals surface area contributed by atoms with Gasteiger partial charge in [-0.2, -0.15) is 0 Å². The highest BCUT2D eigenvalue weighted by molar-refractivity contribution is 7.71. The van der Waals surface area contributed by atoms with Gasteiger partial charge >= 0.3 is 0 Å². The summed E-state index contributed by atoms with van der Waals surface area (Å²) < 4.78 is 0.690. The largest absolute Gasteiger partial charge is 0.343 e. The van der Waals surface area contributed by atoms with Crippen molar-refractivity contribution in [2.45, 2.75) is 40.5 Å². The van der Waals surface area contributed by atoms with Crippen molar-refractivity contribution in [3.8, 4) is 11.3 Å². The fraction of sp³-hybridized carbons (Fsp3) is 0.375. The first-order valence-electron chi connectivity index (χ1n) is 6.58. The second kappa shape index (κ2) is 5.25. The van der Waals surface area contributed by atoms with Gasteiger partial charge in [-0.25, -0.2) is 4.98 Å². The fourth-order valence-corrected chi connectivity index (χ4v) is 2.21. The zero-order valence-corrected chi connectivity index (χ0v) is 13.0. The third kappa shape index (κ3) is 2.76. The van der Waals surface area contributed by atoms with Gasteiger partial charge in [0.25, 0.3) is 0 Å². The number of H-pyrrole nitrogens is 1. The van der Waals surface area contributed by atoms with E-state index in [4.69, 9.17) is 12.2 Å². The van der Waals surface area contributed by atoms with Crippen LogP contribution in [0.25, 0.3) is 11.3 Å². The van der Waals surface area contributed by atoms with Crippen molar-refractivity contribution in [1.82, 2.24) is 9.97 Å². The Bertz CT molecular complexity index is 669. The molecule has 0 saturated heterocycles. The maximum atomic E-state index is 5.38. The molecule has 0 aliphatic rings. The number of aromatic nitrogens is 2. The number of hydrogen-bond acceptors (Lipinski definition) is 2. The highest BCUT2D eigenvalue weighted by Crippen LogP contribution is 2.25. The van der Waals surface area contributed by atoms with Gasteiger partial charge in [-0.05, 0) is 43.5 Å². The van der Waals surface area contributed by atoms with E-state index in [1.54, 1.807) is 0 Å². The number of benzene rings is 1. The zero-order chi connectivity index (χ0) is 14.2. The van der Waals surface area contributed by atoms with Crippen LogP contribution in [0, 0.1) is 25.4 Å². The molecule has 19 heavy (non-hydrogen) atoms. The molecule has 0 fully saturated rings. The van der Waals surface area contributed by atoms with E-state index in [-0.39, 0.29) is 0 Å². The van der Waals surface area contributed by atoms with Crippen LogP contribution in [0.4, 0.5) is 0 Å². The van der Waals surface area contributed by atoms with Crippen LogP contribution in [-0.2, 0) is 0 Å². The number of rotatable bonds is 2. The lowest BCUT2D eigenvalue weighted by atomic mass is 10.0. The summed E-state index contributed by atoms with van der Waals surface area (Å²) in [6, 6.07) is 6.49. The molecule has 0 unspecified atom stereocenters. The summed E-state index contributed by atoms with van der Waals surface area (Å²) in [4.78, 5) is 7.90. The average Bonchev–Trinajstić information content (AvgIpc) is 2.35. The van der Waals surface area contributed by atoms with Crippen LogP contribution in [0.3, 0.4) is 0 Å². The third-order valence-corrected chi connectivity index (χ3v) is 3.91. The molecule has 1 heterocycles. The van der Waals surface area contributed by atoms with Crippen molar-refractivity contribution in [2.24, 2.45) is 0 Å². The summed E-state index contributed by atoms with van der Waals surface area (Å²) in [5, 5.41) is 0. The molecule has 2 rings (SSSR count). The number of nitrogens with zero attached hydrogens (tertiary/aromatic N) is 1. The molecule has 0 bridgehead atoms. The van der Waals surface area contributed by atoms with E-state index in [1.807, 2.05) is 6.92 Å². The van der Waals surface area contributed by atoms with Crippen molar-refractivity contribution >= 4 is 12.2 Å². The Kier molecular flexibility index (Phi) is 3.85. The molecule has 1 aromatic carbocycles. The molecule has 3 heteroatoms. The van der Waals surface area contributed by atoms with E-state index in [2.05, 4.69) is 55.9 Å². The topological polar surface area (TPSA) is 28.7 Å². The van der Waals surface area contributed by atoms with Gasteiger partial charge in [0.2, 0.25) is 0 Å². The first kappa shape index (κ1) is 13.9. The minimum atomic E-state index is 0.340. The van der Waals surface area contributed by atoms with E-state index in [9.17, 15) is 0 Å². The summed E-state index contributed by atoms with van der Waals surface area (Å²) in [5.74, 6) is 1.29. The molecule has 0 radical (unpaired) electrons. The lowest BCUT2D eigenvalue weighted by Crippen LogP contribution is -2.02. The highest BCUT2D eigenvalue weighted by Gasteiger charge is 2.10. The molecule has 1 N–H and O–H groups in total. The monoisotopic (exact) mass is 272 g/mol. The maximum absolute atomic E-state index is 5.38. The Hall–Kier alpha value is -1.48. The van der Waals surface area contributed by atoms with E-state index in [0.717, 1.165) is 17.1 Å². The smallest absolute Gasteiger partial charge is 0.133 e. The van der Waals surface area contributed by atoms with Crippen molar-refractivity contribution in [3.63, 3.8) is 0 Å². The zero-order valence-electron chi connectivity index (χ0n) is 12.2. The SMILES string of the molecule is Cc1ccc(-c2[nH]c(C(C)C)nc(=S)c2C)cc1C. The van der Waals surface area contributed by atoms with Crippen molar-refractivity contribution < 1.29 is 0 Å². The van der Waals surface area contributed by atoms with Crippen molar-refractivity contribution in [2.75, 3.05) is 0 Å². The van der Waals surface area contributed by atoms with Crippen LogP contribution in [-0.4, -0.2) is 9.97 Å². The molecule has 100 valence electrons. The maximum Gasteiger partial charge on any atom is 0.133 e. The number of hydrogen-bond donors (Lipinski definition) is 1. The minimum absolute atomic E-state index is 0.340. The summed E-state index contributed by atoms with van der Waals surface area (Å²) >= 11 is 5.38. The molecular weight excluding hydrogens is 252 g/mol. The third-order valence-electron chi connectivity index (χ3n) is 3.51. The van der Waals surface area contributed by atoms with Crippen molar-refractivity contribution in [3.05, 3.63) is 45.4 Å². The van der Waals surface area contributed by atoms with Gasteiger partial charge in [-0.3, -0.25) is 0 Å². The van der Waals surface area contributed by atoms with Crippen LogP contribution in [0.15, 0.2) is 18.2 Å². The Labute approximate surface area is 119 Å². The normalized spacial score (nSPS) is 11.1. The number of aryl methyl sites for hydroxylation is 2. The molecule has 0 aliphatic heterocycles. The van der Waals surface area contributed by atoms with E-state index >= 15 is 0 Å². The van der Waals surface area contributed by atoms with E-state index in [1.165, 1.54) is 16.7 Å². The van der Waals surface area contributed by atoms with E-state index in [0.29, 0.717) is 10.6 Å². The Morgan fingerprint density at radius 3 is 2.37 bits per heavy atom. The van der Waals surface area contributed by atoms with Gasteiger partial charge in [0, 0.05) is 11.5 Å². The number of aromatic amines is 1. The van der Waals surface area contributed by atoms with Crippen molar-refractivity contribution in [1.29, 1.82) is 0 Å². The van der Waals surface area contributed by atoms with Gasteiger partial charge in [0.1, 0.15) is 10.5 Å². The van der Waals surface area contributed by atoms with Gasteiger partial charge in [-0.1, -0.05) is 38.2 Å². The van der Waals surface area contributed by atoms with Crippen LogP contribution in [0.5, 0.6) is 0 Å². The standard InChI is InChI=1S/C16H20N2S/c1-9(2)15-17-14(12(5)16(19)18-15)13-7-6-10(3)11(4)8-13/h6-9H,1-5H3,(H,17,18,19). The summed E-state index contributed by atoms with van der Waals surface area (Å²) in [6.07, 6.45) is 0. The molecule has 2 nitrogen and oxygen atoms in total. The second-order valence-electron chi connectivity index (χ2n) is 5.38. The second-order valence-corrected chi connectivity index (χ2v) is 5.77. The Balaban J connectivity index is 2.67. The minimum Gasteiger partial charge on any atom is -0.343 e. The van der Waals surface area contributed by atoms with Gasteiger partial charge < -0.3 is 4.98 Å². The van der Waals surface area contributed by atoms with Crippen LogP contribution in [0.2, 0.25) is 0 Å². The highest BCUT2D eigenvalue weighted by atomic mass is 32.1. The predicted octanol–water partition coefficient (Wildman–Crippen LogP) is 4.85. The fourth-order valence-electron chi connectivity index (χ4n) is 2.01. The lowest BCUT2D eigenvalue weighted by Gasteiger charge is -2.13. The van der Waals surface area contributed by atoms with Gasteiger partial charge in [0.05, 0.1) is 5.69 Å². The molecule has 0 saturated carbocycles. The molecule has 0 aliphatic carbocycles. The summed E-state index contributed by atoms with van der Waals surface area (Å²) in [5.41, 5.74) is 5.91. The molecule has 1 aromatic heterocycles. The quantitative estimate of drug-likeness (QED) is 0.791. The van der Waals surface area contributed by atoms with E-state index < -0.39 is 0 Å². The van der Waals surface area contributed by atoms with Crippen LogP contribution in [0.1, 0.15) is 42.3 Å². The average molecular weight is 272 g/mol. The van der Waals surface area contributed by atoms with Crippen LogP contribution < -0.4 is 0 Å². The van der Waals surface area contributed by atoms with Crippen LogP contribution >= 0.6 is 12.2 Å². The van der Waals surface area contributed by atoms with Gasteiger partial charge in [0.15, 0.2) is 0 Å². The molecule has 0 atom stereocenters. The summed E-state index contributed by atoms with van der Waals surface area (Å²) in [6.45, 7) is 10.5. The first-order chi connectivity index (χ1) is 8.90. The molecular formula is C16H20N2S. The molecule has 0 spiro atoms. The Morgan fingerprint density at radius 2 is 1.79 bits per heavy atom. The molecule has 0 amide bonds.